The van der Waals surface area contributed by atoms with Crippen LogP contribution in [-0.2, 0) is 0 Å². The summed E-state index contributed by atoms with van der Waals surface area (Å²) in [5, 5.41) is 0. The molecule has 1 fully saturated rings. The van der Waals surface area contributed by atoms with Crippen molar-refractivity contribution in [3.05, 3.63) is 0 Å². The number of rotatable bonds is 6. The van der Waals surface area contributed by atoms with Crippen LogP contribution in [0, 0.1) is 0 Å². The van der Waals surface area contributed by atoms with E-state index in [1.807, 2.05) is 0 Å². The van der Waals surface area contributed by atoms with Crippen LogP contribution in [0.1, 0.15) is 65.7 Å². The van der Waals surface area contributed by atoms with Gasteiger partial charge >= 0.3 is 0 Å². The van der Waals surface area contributed by atoms with Crippen molar-refractivity contribution < 1.29 is 0 Å². The summed E-state index contributed by atoms with van der Waals surface area (Å²) in [5.74, 6) is 0. The molecule has 112 valence electrons. The Morgan fingerprint density at radius 2 is 1.67 bits per heavy atom. The van der Waals surface area contributed by atoms with Crippen LogP contribution in [-0.4, -0.2) is 29.6 Å². The van der Waals surface area contributed by atoms with Crippen LogP contribution in [0.2, 0.25) is 0 Å². The van der Waals surface area contributed by atoms with E-state index in [9.17, 15) is 0 Å². The van der Waals surface area contributed by atoms with E-state index in [4.69, 9.17) is 5.73 Å². The summed E-state index contributed by atoms with van der Waals surface area (Å²) in [4.78, 5) is 2.68. The third kappa shape index (κ3) is 7.18. The molecular weight excluding hydrogens is 267 g/mol. The lowest BCUT2D eigenvalue weighted by atomic mass is 9.96. The second-order valence-corrected chi connectivity index (χ2v) is 5.56. The monoisotopic (exact) mass is 298 g/mol. The molecule has 1 heterocycles. The fourth-order valence-corrected chi connectivity index (χ4v) is 2.97. The first-order chi connectivity index (χ1) is 7.65. The highest BCUT2D eigenvalue weighted by molar-refractivity contribution is 5.85. The van der Waals surface area contributed by atoms with E-state index in [2.05, 4.69) is 25.7 Å². The molecule has 0 radical (unpaired) electrons. The summed E-state index contributed by atoms with van der Waals surface area (Å²) >= 11 is 0. The molecule has 1 rings (SSSR count). The number of hydrogen-bond donors (Lipinski definition) is 1. The van der Waals surface area contributed by atoms with Crippen molar-refractivity contribution in [2.45, 2.75) is 83.8 Å². The lowest BCUT2D eigenvalue weighted by molar-refractivity contribution is 0.101. The van der Waals surface area contributed by atoms with E-state index in [0.29, 0.717) is 6.04 Å². The van der Waals surface area contributed by atoms with Gasteiger partial charge in [-0.2, -0.15) is 0 Å². The third-order valence-corrected chi connectivity index (χ3v) is 4.03. The summed E-state index contributed by atoms with van der Waals surface area (Å²) in [6.45, 7) is 8.22. The van der Waals surface area contributed by atoms with Gasteiger partial charge in [0.05, 0.1) is 0 Å². The Labute approximate surface area is 126 Å². The highest BCUT2D eigenvalue weighted by Gasteiger charge is 2.23. The Kier molecular flexibility index (Phi) is 13.1. The molecule has 0 spiro atoms. The first-order valence-electron chi connectivity index (χ1n) is 7.16. The summed E-state index contributed by atoms with van der Waals surface area (Å²) in [6, 6.07) is 2.00. The molecule has 0 aromatic rings. The predicted molar refractivity (Wildman–Crippen MR) is 86.1 cm³/mol. The van der Waals surface area contributed by atoms with E-state index in [1.54, 1.807) is 0 Å². The fourth-order valence-electron chi connectivity index (χ4n) is 2.97. The summed E-state index contributed by atoms with van der Waals surface area (Å²) in [5.41, 5.74) is 6.05. The zero-order chi connectivity index (χ0) is 12.0. The van der Waals surface area contributed by atoms with E-state index in [0.717, 1.165) is 12.1 Å². The SMILES string of the molecule is CCC[C@H](N)CCCN1[C@H](C)CCC[C@@H]1C.Cl.Cl. The highest BCUT2D eigenvalue weighted by Crippen LogP contribution is 2.22. The lowest BCUT2D eigenvalue weighted by Gasteiger charge is -2.39. The van der Waals surface area contributed by atoms with Crippen molar-refractivity contribution in [2.75, 3.05) is 6.54 Å². The quantitative estimate of drug-likeness (QED) is 0.803. The maximum atomic E-state index is 6.05. The molecule has 4 heteroatoms. The molecule has 0 bridgehead atoms. The van der Waals surface area contributed by atoms with Crippen molar-refractivity contribution in [1.29, 1.82) is 0 Å². The van der Waals surface area contributed by atoms with Gasteiger partial charge in [0.2, 0.25) is 0 Å². The third-order valence-electron chi connectivity index (χ3n) is 4.03. The first kappa shape index (κ1) is 20.8. The van der Waals surface area contributed by atoms with E-state index >= 15 is 0 Å². The number of halogens is 2. The predicted octanol–water partition coefficient (Wildman–Crippen LogP) is 4.00. The molecule has 18 heavy (non-hydrogen) atoms. The molecule has 2 N–H and O–H groups in total. The molecule has 0 amide bonds. The van der Waals surface area contributed by atoms with Crippen LogP contribution < -0.4 is 5.73 Å². The number of piperidine rings is 1. The van der Waals surface area contributed by atoms with Crippen molar-refractivity contribution in [3.63, 3.8) is 0 Å². The average Bonchev–Trinajstić information content (AvgIpc) is 2.23. The minimum absolute atomic E-state index is 0. The largest absolute Gasteiger partial charge is 0.328 e. The molecule has 3 atom stereocenters. The Morgan fingerprint density at radius 1 is 1.11 bits per heavy atom. The molecule has 0 aromatic carbocycles. The van der Waals surface area contributed by atoms with Crippen molar-refractivity contribution in [2.24, 2.45) is 5.73 Å². The van der Waals surface area contributed by atoms with Gasteiger partial charge in [0.1, 0.15) is 0 Å². The van der Waals surface area contributed by atoms with Crippen LogP contribution in [0.3, 0.4) is 0 Å². The van der Waals surface area contributed by atoms with Gasteiger partial charge < -0.3 is 5.73 Å². The van der Waals surface area contributed by atoms with E-state index in [1.165, 1.54) is 51.5 Å². The highest BCUT2D eigenvalue weighted by atomic mass is 35.5. The van der Waals surface area contributed by atoms with Gasteiger partial charge in [0.25, 0.3) is 0 Å². The van der Waals surface area contributed by atoms with Crippen LogP contribution in [0.25, 0.3) is 0 Å². The van der Waals surface area contributed by atoms with Crippen LogP contribution in [0.15, 0.2) is 0 Å². The maximum Gasteiger partial charge on any atom is 0.00697 e. The van der Waals surface area contributed by atoms with Gasteiger partial charge in [0.15, 0.2) is 0 Å². The van der Waals surface area contributed by atoms with Gasteiger partial charge in [-0.3, -0.25) is 4.90 Å². The molecule has 1 aliphatic rings. The zero-order valence-electron chi connectivity index (χ0n) is 12.2. The standard InChI is InChI=1S/C14H30N2.2ClH/c1-4-7-14(15)10-6-11-16-12(2)8-5-9-13(16)3;;/h12-14H,4-11,15H2,1-3H3;2*1H/t12-,13+,14-;;/m0../s1. The Morgan fingerprint density at radius 3 is 2.17 bits per heavy atom. The molecule has 0 aliphatic carbocycles. The topological polar surface area (TPSA) is 29.3 Å². The van der Waals surface area contributed by atoms with Crippen LogP contribution in [0.5, 0.6) is 0 Å². The van der Waals surface area contributed by atoms with Crippen LogP contribution >= 0.6 is 24.8 Å². The Hall–Kier alpha value is 0.500. The fraction of sp³-hybridized carbons (Fsp3) is 1.00. The Balaban J connectivity index is 0. The molecular formula is C14H32Cl2N2. The minimum atomic E-state index is 0. The average molecular weight is 299 g/mol. The molecule has 2 nitrogen and oxygen atoms in total. The minimum Gasteiger partial charge on any atom is -0.328 e. The maximum absolute atomic E-state index is 6.05. The number of likely N-dealkylation sites (tertiary alicyclic amines) is 1. The second kappa shape index (κ2) is 11.3. The van der Waals surface area contributed by atoms with Crippen molar-refractivity contribution >= 4 is 24.8 Å². The van der Waals surface area contributed by atoms with Gasteiger partial charge in [-0.05, 0) is 52.5 Å². The van der Waals surface area contributed by atoms with Crippen LogP contribution in [0.4, 0.5) is 0 Å². The number of hydrogen-bond acceptors (Lipinski definition) is 2. The van der Waals surface area contributed by atoms with E-state index in [-0.39, 0.29) is 24.8 Å². The summed E-state index contributed by atoms with van der Waals surface area (Å²) < 4.78 is 0. The van der Waals surface area contributed by atoms with Gasteiger partial charge in [0, 0.05) is 18.1 Å². The number of nitrogens with two attached hydrogens (primary N) is 1. The molecule has 0 unspecified atom stereocenters. The van der Waals surface area contributed by atoms with Crippen molar-refractivity contribution in [1.82, 2.24) is 4.90 Å². The summed E-state index contributed by atoms with van der Waals surface area (Å²) in [6.07, 6.45) is 9.05. The summed E-state index contributed by atoms with van der Waals surface area (Å²) in [7, 11) is 0. The van der Waals surface area contributed by atoms with Gasteiger partial charge in [-0.15, -0.1) is 24.8 Å². The number of nitrogens with zero attached hydrogens (tertiary/aromatic N) is 1. The van der Waals surface area contributed by atoms with E-state index < -0.39 is 0 Å². The molecule has 1 aliphatic heterocycles. The molecule has 1 saturated heterocycles. The van der Waals surface area contributed by atoms with Gasteiger partial charge in [-0.1, -0.05) is 19.8 Å². The Bertz CT molecular complexity index is 181. The van der Waals surface area contributed by atoms with Crippen molar-refractivity contribution in [3.8, 4) is 0 Å². The normalized spacial score (nSPS) is 26.0. The second-order valence-electron chi connectivity index (χ2n) is 5.56. The molecule has 0 aromatic heterocycles. The molecule has 0 saturated carbocycles. The lowest BCUT2D eigenvalue weighted by Crippen LogP contribution is -2.44. The zero-order valence-corrected chi connectivity index (χ0v) is 13.9. The smallest absolute Gasteiger partial charge is 0.00697 e. The van der Waals surface area contributed by atoms with Gasteiger partial charge in [-0.25, -0.2) is 0 Å². The first-order valence-corrected chi connectivity index (χ1v) is 7.16.